The van der Waals surface area contributed by atoms with Gasteiger partial charge >= 0.3 is 6.18 Å². The van der Waals surface area contributed by atoms with Crippen molar-refractivity contribution in [1.82, 2.24) is 24.6 Å². The molecule has 4 aromatic rings. The summed E-state index contributed by atoms with van der Waals surface area (Å²) in [6.45, 7) is 0. The van der Waals surface area contributed by atoms with Crippen molar-refractivity contribution in [2.24, 2.45) is 7.05 Å². The van der Waals surface area contributed by atoms with E-state index in [-0.39, 0.29) is 16.9 Å². The molecule has 0 unspecified atom stereocenters. The summed E-state index contributed by atoms with van der Waals surface area (Å²) >= 11 is 0. The fourth-order valence-corrected chi connectivity index (χ4v) is 4.55. The maximum absolute atomic E-state index is 15.0. The Morgan fingerprint density at radius 3 is 2.60 bits per heavy atom. The van der Waals surface area contributed by atoms with E-state index in [0.717, 1.165) is 19.2 Å². The highest BCUT2D eigenvalue weighted by molar-refractivity contribution is 6.10. The molecule has 2 N–H and O–H groups in total. The van der Waals surface area contributed by atoms with Crippen molar-refractivity contribution in [1.29, 1.82) is 0 Å². The largest absolute Gasteiger partial charge is 0.433 e. The molecule has 0 radical (unpaired) electrons. The zero-order valence-electron chi connectivity index (χ0n) is 18.2. The summed E-state index contributed by atoms with van der Waals surface area (Å²) in [5, 5.41) is 4.87. The fraction of sp³-hybridized carbons (Fsp3) is 0.273. The second-order valence-electron chi connectivity index (χ2n) is 8.36. The minimum atomic E-state index is -4.81. The summed E-state index contributed by atoms with van der Waals surface area (Å²) < 4.78 is 85.3. The summed E-state index contributed by atoms with van der Waals surface area (Å²) in [6.07, 6.45) is -4.45. The Morgan fingerprint density at radius 2 is 1.91 bits per heavy atom. The number of anilines is 1. The van der Waals surface area contributed by atoms with E-state index >= 15 is 0 Å². The lowest BCUT2D eigenvalue weighted by Crippen LogP contribution is -2.39. The van der Waals surface area contributed by atoms with Crippen LogP contribution >= 0.6 is 0 Å². The van der Waals surface area contributed by atoms with Gasteiger partial charge in [-0.25, -0.2) is 23.1 Å². The Bertz CT molecular complexity index is 1530. The Kier molecular flexibility index (Phi) is 4.77. The van der Waals surface area contributed by atoms with Crippen LogP contribution in [-0.4, -0.2) is 43.5 Å². The molecule has 1 aliphatic carbocycles. The standard InChI is InChI=1S/C22H16F6N6O/c1-33(18-9-3-4-16(22(26,27)28)31-15(9)7-21(18,24)25)20(35)10-5-11-14(6-13(10)23)32-19(29)12-8-30-34(2)17(11)12/h3-6,8,18H,7H2,1-2H3,(H2,29,32)/t18-/m1/s1. The third kappa shape index (κ3) is 3.44. The Morgan fingerprint density at radius 1 is 1.20 bits per heavy atom. The minimum Gasteiger partial charge on any atom is -0.383 e. The van der Waals surface area contributed by atoms with Crippen LogP contribution in [0.3, 0.4) is 0 Å². The normalized spacial score (nSPS) is 17.2. The summed E-state index contributed by atoms with van der Waals surface area (Å²) in [7, 11) is 2.65. The number of aromatic nitrogens is 4. The number of hydrogen-bond acceptors (Lipinski definition) is 5. The predicted molar refractivity (Wildman–Crippen MR) is 113 cm³/mol. The quantitative estimate of drug-likeness (QED) is 0.421. The van der Waals surface area contributed by atoms with Gasteiger partial charge in [-0.15, -0.1) is 0 Å². The van der Waals surface area contributed by atoms with Crippen molar-refractivity contribution in [3.05, 3.63) is 58.8 Å². The lowest BCUT2D eigenvalue weighted by Gasteiger charge is -2.30. The van der Waals surface area contributed by atoms with Crippen LogP contribution in [0, 0.1) is 5.82 Å². The molecule has 0 fully saturated rings. The van der Waals surface area contributed by atoms with Crippen LogP contribution in [0.15, 0.2) is 30.5 Å². The number of halogens is 6. The first-order valence-corrected chi connectivity index (χ1v) is 10.2. The number of alkyl halides is 5. The number of nitrogens with two attached hydrogens (primary N) is 1. The molecular weight excluding hydrogens is 478 g/mol. The van der Waals surface area contributed by atoms with Crippen LogP contribution in [-0.2, 0) is 19.6 Å². The van der Waals surface area contributed by atoms with Gasteiger partial charge in [0.25, 0.3) is 11.8 Å². The number of nitrogens with zero attached hydrogens (tertiary/aromatic N) is 5. The number of hydrogen-bond donors (Lipinski definition) is 1. The van der Waals surface area contributed by atoms with E-state index in [1.807, 2.05) is 0 Å². The number of amides is 1. The van der Waals surface area contributed by atoms with Gasteiger partial charge in [-0.3, -0.25) is 9.48 Å². The van der Waals surface area contributed by atoms with Gasteiger partial charge < -0.3 is 10.6 Å². The number of aryl methyl sites for hydroxylation is 1. The molecule has 0 spiro atoms. The van der Waals surface area contributed by atoms with Crippen molar-refractivity contribution in [2.45, 2.75) is 24.6 Å². The Hall–Kier alpha value is -3.90. The van der Waals surface area contributed by atoms with E-state index < -0.39 is 53.2 Å². The van der Waals surface area contributed by atoms with Gasteiger partial charge in [-0.2, -0.15) is 18.3 Å². The van der Waals surface area contributed by atoms with E-state index in [0.29, 0.717) is 27.3 Å². The third-order valence-electron chi connectivity index (χ3n) is 6.13. The first-order valence-electron chi connectivity index (χ1n) is 10.2. The first kappa shape index (κ1) is 22.9. The number of carbonyl (C=O) groups excluding carboxylic acids is 1. The number of carbonyl (C=O) groups is 1. The maximum Gasteiger partial charge on any atom is 0.433 e. The summed E-state index contributed by atoms with van der Waals surface area (Å²) in [6, 6.07) is 1.67. The van der Waals surface area contributed by atoms with Crippen LogP contribution in [0.4, 0.5) is 32.2 Å². The number of benzene rings is 1. The van der Waals surface area contributed by atoms with Gasteiger partial charge in [0.05, 0.1) is 40.3 Å². The summed E-state index contributed by atoms with van der Waals surface area (Å²) in [4.78, 5) is 21.3. The van der Waals surface area contributed by atoms with Gasteiger partial charge in [0, 0.05) is 31.1 Å². The molecule has 7 nitrogen and oxygen atoms in total. The smallest absolute Gasteiger partial charge is 0.383 e. The predicted octanol–water partition coefficient (Wildman–Crippen LogP) is 4.26. The van der Waals surface area contributed by atoms with E-state index in [9.17, 15) is 31.1 Å². The average Bonchev–Trinajstić information content (AvgIpc) is 3.27. The summed E-state index contributed by atoms with van der Waals surface area (Å²) in [5.74, 6) is -5.63. The van der Waals surface area contributed by atoms with Crippen molar-refractivity contribution in [3.8, 4) is 0 Å². The average molecular weight is 494 g/mol. The molecule has 182 valence electrons. The maximum atomic E-state index is 15.0. The SMILES string of the molecule is CN(C(=O)c1cc2c(cc1F)nc(N)c1cnn(C)c12)[C@@H]1c2ccc(C(F)(F)F)nc2CC1(F)F. The van der Waals surface area contributed by atoms with E-state index in [2.05, 4.69) is 15.1 Å². The summed E-state index contributed by atoms with van der Waals surface area (Å²) in [5.41, 5.74) is 3.98. The number of fused-ring (bicyclic) bond motifs is 4. The highest BCUT2D eigenvalue weighted by Gasteiger charge is 2.52. The lowest BCUT2D eigenvalue weighted by molar-refractivity contribution is -0.141. The molecule has 0 aliphatic heterocycles. The van der Waals surface area contributed by atoms with E-state index in [1.54, 1.807) is 7.05 Å². The molecule has 3 aromatic heterocycles. The molecule has 0 bridgehead atoms. The third-order valence-corrected chi connectivity index (χ3v) is 6.13. The fourth-order valence-electron chi connectivity index (χ4n) is 4.55. The monoisotopic (exact) mass is 494 g/mol. The van der Waals surface area contributed by atoms with Gasteiger partial charge in [-0.1, -0.05) is 6.07 Å². The molecular formula is C22H16F6N6O. The van der Waals surface area contributed by atoms with Crippen molar-refractivity contribution >= 4 is 33.5 Å². The highest BCUT2D eigenvalue weighted by atomic mass is 19.4. The Balaban J connectivity index is 1.60. The molecule has 1 aliphatic rings. The van der Waals surface area contributed by atoms with Gasteiger partial charge in [0.15, 0.2) is 0 Å². The zero-order chi connectivity index (χ0) is 25.4. The topological polar surface area (TPSA) is 89.9 Å². The molecule has 3 heterocycles. The van der Waals surface area contributed by atoms with Crippen LogP contribution in [0.2, 0.25) is 0 Å². The molecule has 5 rings (SSSR count). The van der Waals surface area contributed by atoms with Crippen molar-refractivity contribution in [3.63, 3.8) is 0 Å². The number of pyridine rings is 2. The van der Waals surface area contributed by atoms with Crippen LogP contribution in [0.25, 0.3) is 21.8 Å². The second kappa shape index (κ2) is 7.30. The Labute approximate surface area is 193 Å². The van der Waals surface area contributed by atoms with Crippen LogP contribution < -0.4 is 5.73 Å². The van der Waals surface area contributed by atoms with E-state index in [4.69, 9.17) is 5.73 Å². The highest BCUT2D eigenvalue weighted by Crippen LogP contribution is 2.47. The number of rotatable bonds is 2. The second-order valence-corrected chi connectivity index (χ2v) is 8.36. The zero-order valence-corrected chi connectivity index (χ0v) is 18.2. The molecule has 1 amide bonds. The molecule has 35 heavy (non-hydrogen) atoms. The van der Waals surface area contributed by atoms with E-state index in [1.165, 1.54) is 16.9 Å². The van der Waals surface area contributed by atoms with Gasteiger partial charge in [0.2, 0.25) is 0 Å². The molecule has 1 atom stereocenters. The molecule has 0 saturated carbocycles. The van der Waals surface area contributed by atoms with Gasteiger partial charge in [-0.05, 0) is 12.1 Å². The van der Waals surface area contributed by atoms with Crippen LogP contribution in [0.1, 0.15) is 33.4 Å². The van der Waals surface area contributed by atoms with Crippen molar-refractivity contribution in [2.75, 3.05) is 12.8 Å². The molecule has 1 aromatic carbocycles. The lowest BCUT2D eigenvalue weighted by atomic mass is 10.0. The first-order chi connectivity index (χ1) is 16.3. The molecule has 0 saturated heterocycles. The minimum absolute atomic E-state index is 0.101. The molecule has 13 heteroatoms. The van der Waals surface area contributed by atoms with Crippen LogP contribution in [0.5, 0.6) is 0 Å². The van der Waals surface area contributed by atoms with Gasteiger partial charge in [0.1, 0.15) is 23.4 Å². The van der Waals surface area contributed by atoms with Crippen molar-refractivity contribution < 1.29 is 31.1 Å². The number of nitrogen functional groups attached to an aromatic ring is 1.